The lowest BCUT2D eigenvalue weighted by atomic mass is 10.1. The zero-order valence-corrected chi connectivity index (χ0v) is 12.8. The van der Waals surface area contributed by atoms with Gasteiger partial charge in [-0.05, 0) is 37.6 Å². The second-order valence-electron chi connectivity index (χ2n) is 4.30. The molecule has 0 bridgehead atoms. The van der Waals surface area contributed by atoms with Crippen LogP contribution in [0, 0.1) is 0 Å². The fraction of sp³-hybridized carbons (Fsp3) is 0.438. The minimum Gasteiger partial charge on any atom is -0.493 e. The van der Waals surface area contributed by atoms with Gasteiger partial charge in [-0.2, -0.15) is 0 Å². The fourth-order valence-corrected chi connectivity index (χ4v) is 1.80. The number of methoxy groups -OCH3 is 2. The minimum absolute atomic E-state index is 0.306. The van der Waals surface area contributed by atoms with Gasteiger partial charge in [0.05, 0.1) is 20.8 Å². The van der Waals surface area contributed by atoms with E-state index in [0.29, 0.717) is 13.2 Å². The first-order valence-corrected chi connectivity index (χ1v) is 6.96. The minimum atomic E-state index is -0.306. The molecule has 116 valence electrons. The van der Waals surface area contributed by atoms with Gasteiger partial charge in [-0.25, -0.2) is 4.79 Å². The largest absolute Gasteiger partial charge is 0.493 e. The van der Waals surface area contributed by atoms with Gasteiger partial charge in [-0.1, -0.05) is 12.1 Å². The zero-order chi connectivity index (χ0) is 15.5. The Morgan fingerprint density at radius 3 is 2.67 bits per heavy atom. The van der Waals surface area contributed by atoms with Crippen molar-refractivity contribution in [1.82, 2.24) is 5.32 Å². The number of benzene rings is 1. The number of hydrogen-bond acceptors (Lipinski definition) is 5. The van der Waals surface area contributed by atoms with Gasteiger partial charge in [0.15, 0.2) is 11.5 Å². The first kappa shape index (κ1) is 17.0. The molecule has 0 unspecified atom stereocenters. The van der Waals surface area contributed by atoms with E-state index in [1.165, 1.54) is 6.08 Å². The maximum Gasteiger partial charge on any atom is 0.330 e. The zero-order valence-electron chi connectivity index (χ0n) is 12.8. The quantitative estimate of drug-likeness (QED) is 0.428. The van der Waals surface area contributed by atoms with E-state index >= 15 is 0 Å². The molecule has 1 rings (SSSR count). The van der Waals surface area contributed by atoms with Gasteiger partial charge < -0.3 is 19.5 Å². The Hall–Kier alpha value is -2.01. The topological polar surface area (TPSA) is 56.8 Å². The Morgan fingerprint density at radius 1 is 1.24 bits per heavy atom. The summed E-state index contributed by atoms with van der Waals surface area (Å²) in [5.74, 6) is 1.16. The van der Waals surface area contributed by atoms with Crippen molar-refractivity contribution in [3.05, 3.63) is 35.9 Å². The summed E-state index contributed by atoms with van der Waals surface area (Å²) in [6, 6.07) is 5.88. The van der Waals surface area contributed by atoms with Gasteiger partial charge in [-0.3, -0.25) is 0 Å². The third-order valence-corrected chi connectivity index (χ3v) is 2.84. The number of esters is 1. The van der Waals surface area contributed by atoms with E-state index in [-0.39, 0.29) is 5.97 Å². The van der Waals surface area contributed by atoms with Crippen molar-refractivity contribution < 1.29 is 19.0 Å². The molecule has 0 aliphatic heterocycles. The molecule has 0 aromatic heterocycles. The van der Waals surface area contributed by atoms with E-state index in [1.54, 1.807) is 27.2 Å². The van der Waals surface area contributed by atoms with Crippen LogP contribution in [-0.2, 0) is 16.0 Å². The Labute approximate surface area is 125 Å². The second kappa shape index (κ2) is 9.83. The molecule has 5 nitrogen and oxygen atoms in total. The number of ether oxygens (including phenoxy) is 3. The first-order chi connectivity index (χ1) is 10.2. The van der Waals surface area contributed by atoms with Gasteiger partial charge in [-0.15, -0.1) is 0 Å². The van der Waals surface area contributed by atoms with Crippen molar-refractivity contribution >= 4 is 5.97 Å². The Balaban J connectivity index is 2.31. The smallest absolute Gasteiger partial charge is 0.330 e. The predicted molar refractivity (Wildman–Crippen MR) is 81.9 cm³/mol. The van der Waals surface area contributed by atoms with E-state index in [4.69, 9.17) is 14.2 Å². The van der Waals surface area contributed by atoms with Crippen LogP contribution in [0.25, 0.3) is 0 Å². The lowest BCUT2D eigenvalue weighted by Gasteiger charge is -2.09. The number of hydrogen-bond donors (Lipinski definition) is 1. The first-order valence-electron chi connectivity index (χ1n) is 6.96. The Kier molecular flexibility index (Phi) is 7.97. The highest BCUT2D eigenvalue weighted by Gasteiger charge is 2.03. The second-order valence-corrected chi connectivity index (χ2v) is 4.30. The molecule has 0 saturated carbocycles. The summed E-state index contributed by atoms with van der Waals surface area (Å²) in [5.41, 5.74) is 1.16. The molecule has 0 saturated heterocycles. The molecule has 1 N–H and O–H groups in total. The summed E-state index contributed by atoms with van der Waals surface area (Å²) in [5, 5.41) is 3.23. The molecule has 0 radical (unpaired) electrons. The van der Waals surface area contributed by atoms with Crippen LogP contribution in [0.2, 0.25) is 0 Å². The van der Waals surface area contributed by atoms with Crippen molar-refractivity contribution in [3.8, 4) is 11.5 Å². The molecule has 1 aromatic carbocycles. The molecule has 0 spiro atoms. The number of nitrogens with one attached hydrogen (secondary N) is 1. The van der Waals surface area contributed by atoms with Crippen LogP contribution in [0.3, 0.4) is 0 Å². The molecule has 0 atom stereocenters. The third-order valence-electron chi connectivity index (χ3n) is 2.84. The third kappa shape index (κ3) is 6.31. The van der Waals surface area contributed by atoms with Crippen LogP contribution in [-0.4, -0.2) is 39.9 Å². The van der Waals surface area contributed by atoms with E-state index in [0.717, 1.165) is 30.0 Å². The van der Waals surface area contributed by atoms with Crippen molar-refractivity contribution in [2.24, 2.45) is 0 Å². The molecule has 0 heterocycles. The normalized spacial score (nSPS) is 10.6. The molecular formula is C16H23NO4. The summed E-state index contributed by atoms with van der Waals surface area (Å²) in [4.78, 5) is 11.1. The molecular weight excluding hydrogens is 270 g/mol. The summed E-state index contributed by atoms with van der Waals surface area (Å²) < 4.78 is 15.2. The summed E-state index contributed by atoms with van der Waals surface area (Å²) >= 11 is 0. The molecule has 0 aliphatic carbocycles. The SMILES string of the molecule is CCOC(=O)/C=C/CNCCc1ccc(OC)c(OC)c1. The van der Waals surface area contributed by atoms with Crippen molar-refractivity contribution in [1.29, 1.82) is 0 Å². The van der Waals surface area contributed by atoms with Crippen molar-refractivity contribution in [3.63, 3.8) is 0 Å². The summed E-state index contributed by atoms with van der Waals surface area (Å²) in [7, 11) is 3.25. The molecule has 21 heavy (non-hydrogen) atoms. The number of carbonyl (C=O) groups excluding carboxylic acids is 1. The lowest BCUT2D eigenvalue weighted by molar-refractivity contribution is -0.137. The maximum atomic E-state index is 11.1. The number of carbonyl (C=O) groups is 1. The average Bonchev–Trinajstić information content (AvgIpc) is 2.50. The number of rotatable bonds is 9. The highest BCUT2D eigenvalue weighted by Crippen LogP contribution is 2.27. The molecule has 1 aromatic rings. The van der Waals surface area contributed by atoms with E-state index in [2.05, 4.69) is 5.32 Å². The molecule has 5 heteroatoms. The van der Waals surface area contributed by atoms with E-state index in [1.807, 2.05) is 18.2 Å². The van der Waals surface area contributed by atoms with Crippen LogP contribution >= 0.6 is 0 Å². The Bertz CT molecular complexity index is 471. The summed E-state index contributed by atoms with van der Waals surface area (Å²) in [6.07, 6.45) is 4.06. The van der Waals surface area contributed by atoms with E-state index in [9.17, 15) is 4.79 Å². The van der Waals surface area contributed by atoms with Gasteiger partial charge in [0.25, 0.3) is 0 Å². The van der Waals surface area contributed by atoms with Crippen molar-refractivity contribution in [2.45, 2.75) is 13.3 Å². The van der Waals surface area contributed by atoms with Crippen LogP contribution < -0.4 is 14.8 Å². The van der Waals surface area contributed by atoms with Crippen molar-refractivity contribution in [2.75, 3.05) is 33.9 Å². The molecule has 0 aliphatic rings. The van der Waals surface area contributed by atoms with E-state index < -0.39 is 0 Å². The van der Waals surface area contributed by atoms with Gasteiger partial charge >= 0.3 is 5.97 Å². The monoisotopic (exact) mass is 293 g/mol. The van der Waals surface area contributed by atoms with Crippen LogP contribution in [0.1, 0.15) is 12.5 Å². The summed E-state index contributed by atoms with van der Waals surface area (Å²) in [6.45, 7) is 3.62. The lowest BCUT2D eigenvalue weighted by Crippen LogP contribution is -2.17. The highest BCUT2D eigenvalue weighted by atomic mass is 16.5. The standard InChI is InChI=1S/C16H23NO4/c1-4-21-16(18)6-5-10-17-11-9-13-7-8-14(19-2)15(12-13)20-3/h5-8,12,17H,4,9-11H2,1-3H3/b6-5+. The van der Waals surface area contributed by atoms with Gasteiger partial charge in [0.2, 0.25) is 0 Å². The van der Waals surface area contributed by atoms with Gasteiger partial charge in [0.1, 0.15) is 0 Å². The predicted octanol–water partition coefficient (Wildman–Crippen LogP) is 1.96. The van der Waals surface area contributed by atoms with Crippen LogP contribution in [0.15, 0.2) is 30.4 Å². The fourth-order valence-electron chi connectivity index (χ4n) is 1.80. The highest BCUT2D eigenvalue weighted by molar-refractivity contribution is 5.81. The van der Waals surface area contributed by atoms with Gasteiger partial charge in [0, 0.05) is 12.6 Å². The van der Waals surface area contributed by atoms with Crippen LogP contribution in [0.5, 0.6) is 11.5 Å². The maximum absolute atomic E-state index is 11.1. The molecule has 0 amide bonds. The average molecular weight is 293 g/mol. The van der Waals surface area contributed by atoms with Crippen LogP contribution in [0.4, 0.5) is 0 Å². The molecule has 0 fully saturated rings. The Morgan fingerprint density at radius 2 is 2.00 bits per heavy atom.